The minimum absolute atomic E-state index is 0.130. The van der Waals surface area contributed by atoms with E-state index in [0.29, 0.717) is 53.3 Å². The molecule has 1 N–H and O–H groups in total. The van der Waals surface area contributed by atoms with Crippen LogP contribution < -0.4 is 0 Å². The normalized spacial score (nSPS) is 15.0. The fraction of sp³-hybridized carbons (Fsp3) is 0.346. The first kappa shape index (κ1) is 23.3. The van der Waals surface area contributed by atoms with Gasteiger partial charge >= 0.3 is 0 Å². The summed E-state index contributed by atoms with van der Waals surface area (Å²) in [5.41, 5.74) is 3.69. The first-order valence-corrected chi connectivity index (χ1v) is 11.4. The van der Waals surface area contributed by atoms with Crippen LogP contribution in [-0.2, 0) is 5.41 Å². The van der Waals surface area contributed by atoms with E-state index in [-0.39, 0.29) is 17.4 Å². The van der Waals surface area contributed by atoms with Crippen LogP contribution in [0.25, 0.3) is 22.4 Å². The summed E-state index contributed by atoms with van der Waals surface area (Å²) in [6.45, 7) is 7.25. The number of hydrogen-bond donors (Lipinski definition) is 1. The van der Waals surface area contributed by atoms with Gasteiger partial charge in [-0.3, -0.25) is 9.78 Å². The Morgan fingerprint density at radius 3 is 2.48 bits per heavy atom. The first-order chi connectivity index (χ1) is 15.6. The molecule has 3 aromatic rings. The molecule has 1 fully saturated rings. The van der Waals surface area contributed by atoms with Gasteiger partial charge in [0.1, 0.15) is 0 Å². The van der Waals surface area contributed by atoms with E-state index >= 15 is 0 Å². The predicted octanol–water partition coefficient (Wildman–Crippen LogP) is 5.50. The maximum Gasteiger partial charge on any atom is 0.253 e. The summed E-state index contributed by atoms with van der Waals surface area (Å²) in [6, 6.07) is 12.0. The van der Waals surface area contributed by atoms with Gasteiger partial charge in [-0.05, 0) is 54.3 Å². The highest BCUT2D eigenvalue weighted by molar-refractivity contribution is 6.33. The highest BCUT2D eigenvalue weighted by Crippen LogP contribution is 2.32. The molecule has 1 aliphatic rings. The largest absolute Gasteiger partial charge is 0.393 e. The number of carbonyl (C=O) groups is 1. The number of aliphatic hydroxyl groups is 1. The minimum atomic E-state index is -0.611. The number of amides is 1. The molecule has 2 aromatic heterocycles. The molecule has 172 valence electrons. The number of rotatable bonds is 3. The zero-order chi connectivity index (χ0) is 23.8. The molecule has 1 saturated heterocycles. The van der Waals surface area contributed by atoms with E-state index in [9.17, 15) is 14.3 Å². The third-order valence-corrected chi connectivity index (χ3v) is 6.21. The maximum atomic E-state index is 14.5. The van der Waals surface area contributed by atoms with Crippen molar-refractivity contribution in [2.45, 2.75) is 45.1 Å². The second-order valence-electron chi connectivity index (χ2n) is 9.46. The molecule has 33 heavy (non-hydrogen) atoms. The van der Waals surface area contributed by atoms with Crippen LogP contribution in [0.4, 0.5) is 4.39 Å². The fourth-order valence-corrected chi connectivity index (χ4v) is 4.21. The van der Waals surface area contributed by atoms with Crippen molar-refractivity contribution >= 4 is 17.5 Å². The molecular formula is C26H27ClFN3O2. The molecule has 7 heteroatoms. The molecule has 0 atom stereocenters. The van der Waals surface area contributed by atoms with Crippen molar-refractivity contribution in [1.29, 1.82) is 0 Å². The van der Waals surface area contributed by atoms with Gasteiger partial charge in [0, 0.05) is 47.6 Å². The number of aliphatic hydroxyl groups excluding tert-OH is 1. The maximum absolute atomic E-state index is 14.5. The molecule has 0 saturated carbocycles. The van der Waals surface area contributed by atoms with Crippen molar-refractivity contribution < 1.29 is 14.3 Å². The topological polar surface area (TPSA) is 66.3 Å². The number of piperidine rings is 1. The van der Waals surface area contributed by atoms with E-state index in [1.807, 2.05) is 12.1 Å². The monoisotopic (exact) mass is 467 g/mol. The van der Waals surface area contributed by atoms with E-state index in [2.05, 4.69) is 30.7 Å². The Balaban J connectivity index is 1.65. The molecule has 4 rings (SSSR count). The van der Waals surface area contributed by atoms with Gasteiger partial charge in [0.25, 0.3) is 5.91 Å². The van der Waals surface area contributed by atoms with E-state index in [1.54, 1.807) is 35.4 Å². The zero-order valence-electron chi connectivity index (χ0n) is 19.0. The Morgan fingerprint density at radius 1 is 1.09 bits per heavy atom. The van der Waals surface area contributed by atoms with Crippen molar-refractivity contribution in [3.8, 4) is 22.4 Å². The lowest BCUT2D eigenvalue weighted by Gasteiger charge is -2.29. The summed E-state index contributed by atoms with van der Waals surface area (Å²) in [6.07, 6.45) is 2.51. The lowest BCUT2D eigenvalue weighted by atomic mass is 9.90. The molecule has 0 radical (unpaired) electrons. The summed E-state index contributed by atoms with van der Waals surface area (Å²) < 4.78 is 14.5. The number of halogens is 2. The van der Waals surface area contributed by atoms with E-state index in [4.69, 9.17) is 11.6 Å². The third kappa shape index (κ3) is 5.23. The van der Waals surface area contributed by atoms with Crippen LogP contribution in [0.2, 0.25) is 5.02 Å². The number of hydrogen-bond acceptors (Lipinski definition) is 4. The van der Waals surface area contributed by atoms with Gasteiger partial charge in [-0.25, -0.2) is 4.98 Å². The van der Waals surface area contributed by atoms with Gasteiger partial charge in [0.2, 0.25) is 5.95 Å². The average molecular weight is 468 g/mol. The van der Waals surface area contributed by atoms with Crippen LogP contribution in [0.15, 0.2) is 48.7 Å². The van der Waals surface area contributed by atoms with Crippen molar-refractivity contribution in [2.24, 2.45) is 0 Å². The summed E-state index contributed by atoms with van der Waals surface area (Å²) >= 11 is 6.52. The van der Waals surface area contributed by atoms with Crippen LogP contribution in [0.5, 0.6) is 0 Å². The van der Waals surface area contributed by atoms with Gasteiger partial charge in [0.05, 0.1) is 16.8 Å². The Labute approximate surface area is 198 Å². The number of likely N-dealkylation sites (tertiary alicyclic amines) is 1. The molecule has 0 bridgehead atoms. The smallest absolute Gasteiger partial charge is 0.253 e. The number of pyridine rings is 2. The summed E-state index contributed by atoms with van der Waals surface area (Å²) in [5, 5.41) is 9.99. The Bertz CT molecular complexity index is 1180. The molecule has 5 nitrogen and oxygen atoms in total. The van der Waals surface area contributed by atoms with Gasteiger partial charge in [-0.2, -0.15) is 4.39 Å². The number of benzene rings is 1. The SMILES string of the molecule is CC(C)(C)c1cc(-c2cc(F)nc(-c3ccc(C(=O)N4CCC(O)CC4)cc3Cl)c2)ccn1. The summed E-state index contributed by atoms with van der Waals surface area (Å²) in [5.74, 6) is -0.741. The van der Waals surface area contributed by atoms with E-state index in [1.165, 1.54) is 6.07 Å². The van der Waals surface area contributed by atoms with Gasteiger partial charge in [0.15, 0.2) is 0 Å². The van der Waals surface area contributed by atoms with Crippen LogP contribution in [0.1, 0.15) is 49.7 Å². The van der Waals surface area contributed by atoms with E-state index < -0.39 is 5.95 Å². The van der Waals surface area contributed by atoms with Crippen LogP contribution in [-0.4, -0.2) is 45.1 Å². The summed E-state index contributed by atoms with van der Waals surface area (Å²) in [7, 11) is 0. The average Bonchev–Trinajstić information content (AvgIpc) is 2.78. The van der Waals surface area contributed by atoms with Gasteiger partial charge < -0.3 is 10.0 Å². The Morgan fingerprint density at radius 2 is 1.82 bits per heavy atom. The molecule has 0 aliphatic carbocycles. The molecule has 1 aromatic carbocycles. The van der Waals surface area contributed by atoms with Crippen molar-refractivity contribution in [2.75, 3.05) is 13.1 Å². The number of nitrogens with zero attached hydrogens (tertiary/aromatic N) is 3. The van der Waals surface area contributed by atoms with E-state index in [0.717, 1.165) is 11.3 Å². The Kier molecular flexibility index (Phi) is 6.50. The molecular weight excluding hydrogens is 441 g/mol. The van der Waals surface area contributed by atoms with Gasteiger partial charge in [-0.1, -0.05) is 38.4 Å². The second-order valence-corrected chi connectivity index (χ2v) is 9.87. The lowest BCUT2D eigenvalue weighted by Crippen LogP contribution is -2.40. The highest BCUT2D eigenvalue weighted by atomic mass is 35.5. The quantitative estimate of drug-likeness (QED) is 0.517. The van der Waals surface area contributed by atoms with Crippen LogP contribution in [0.3, 0.4) is 0 Å². The number of carbonyl (C=O) groups excluding carboxylic acids is 1. The van der Waals surface area contributed by atoms with Crippen molar-refractivity contribution in [3.05, 3.63) is 70.9 Å². The van der Waals surface area contributed by atoms with Crippen molar-refractivity contribution in [3.63, 3.8) is 0 Å². The minimum Gasteiger partial charge on any atom is -0.393 e. The predicted molar refractivity (Wildman–Crippen MR) is 128 cm³/mol. The zero-order valence-corrected chi connectivity index (χ0v) is 19.7. The molecule has 3 heterocycles. The standard InChI is InChI=1S/C26H27ClFN3O2/c1-26(2,3)23-14-16(6-9-29-23)18-13-22(30-24(28)15-18)20-5-4-17(12-21(20)27)25(33)31-10-7-19(32)8-11-31/h4-6,9,12-15,19,32H,7-8,10-11H2,1-3H3. The van der Waals surface area contributed by atoms with Crippen LogP contribution in [0, 0.1) is 5.95 Å². The number of aromatic nitrogens is 2. The fourth-order valence-electron chi connectivity index (χ4n) is 3.93. The molecule has 0 unspecified atom stereocenters. The molecule has 0 spiro atoms. The van der Waals surface area contributed by atoms with Crippen LogP contribution >= 0.6 is 11.6 Å². The third-order valence-electron chi connectivity index (χ3n) is 5.90. The molecule has 1 amide bonds. The highest BCUT2D eigenvalue weighted by Gasteiger charge is 2.23. The van der Waals surface area contributed by atoms with Crippen molar-refractivity contribution in [1.82, 2.24) is 14.9 Å². The molecule has 1 aliphatic heterocycles. The second kappa shape index (κ2) is 9.20. The van der Waals surface area contributed by atoms with Gasteiger partial charge in [-0.15, -0.1) is 0 Å². The summed E-state index contributed by atoms with van der Waals surface area (Å²) in [4.78, 5) is 23.0. The Hall–Kier alpha value is -2.83. The first-order valence-electron chi connectivity index (χ1n) is 11.0. The lowest BCUT2D eigenvalue weighted by molar-refractivity contribution is 0.0546.